The van der Waals surface area contributed by atoms with Crippen LogP contribution < -0.4 is 5.32 Å². The summed E-state index contributed by atoms with van der Waals surface area (Å²) in [7, 11) is 0. The molecule has 108 valence electrons. The lowest BCUT2D eigenvalue weighted by Crippen LogP contribution is -2.49. The molecule has 4 atom stereocenters. The van der Waals surface area contributed by atoms with Crippen molar-refractivity contribution in [1.82, 2.24) is 5.32 Å². The van der Waals surface area contributed by atoms with Crippen LogP contribution in [-0.2, 0) is 23.9 Å². The molecule has 0 aromatic heterocycles. The van der Waals surface area contributed by atoms with Crippen molar-refractivity contribution in [2.24, 2.45) is 17.3 Å². The second kappa shape index (κ2) is 3.91. The average molecular weight is 279 g/mol. The summed E-state index contributed by atoms with van der Waals surface area (Å²) in [5, 5.41) is 2.80. The van der Waals surface area contributed by atoms with E-state index in [1.54, 1.807) is 32.9 Å². The molecule has 3 aliphatic rings. The summed E-state index contributed by atoms with van der Waals surface area (Å²) in [6.45, 7) is 5.58. The lowest BCUT2D eigenvalue weighted by atomic mass is 9.76. The number of hydrogen-bond acceptors (Lipinski definition) is 5. The molecule has 0 aliphatic carbocycles. The summed E-state index contributed by atoms with van der Waals surface area (Å²) in [6, 6.07) is 0. The fraction of sp³-hybridized carbons (Fsp3) is 0.643. The largest absolute Gasteiger partial charge is 0.393 e. The van der Waals surface area contributed by atoms with Crippen molar-refractivity contribution in [1.29, 1.82) is 0 Å². The van der Waals surface area contributed by atoms with Gasteiger partial charge < -0.3 is 14.8 Å². The summed E-state index contributed by atoms with van der Waals surface area (Å²) in [5.74, 6) is -2.44. The number of nitrogens with one attached hydrogen (secondary N) is 1. The van der Waals surface area contributed by atoms with Crippen molar-refractivity contribution in [3.63, 3.8) is 0 Å². The van der Waals surface area contributed by atoms with E-state index in [1.165, 1.54) is 0 Å². The zero-order valence-corrected chi connectivity index (χ0v) is 11.6. The van der Waals surface area contributed by atoms with Crippen LogP contribution >= 0.6 is 0 Å². The first-order valence-electron chi connectivity index (χ1n) is 6.66. The molecule has 0 spiro atoms. The minimum Gasteiger partial charge on any atom is -0.393 e. The first-order chi connectivity index (χ1) is 9.24. The zero-order chi connectivity index (χ0) is 14.7. The quantitative estimate of drug-likeness (QED) is 0.443. The molecule has 2 saturated heterocycles. The van der Waals surface area contributed by atoms with Crippen molar-refractivity contribution in [2.75, 3.05) is 6.54 Å². The van der Waals surface area contributed by atoms with Crippen molar-refractivity contribution >= 4 is 17.8 Å². The van der Waals surface area contributed by atoms with E-state index < -0.39 is 40.9 Å². The van der Waals surface area contributed by atoms with Crippen LogP contribution in [0.2, 0.25) is 0 Å². The van der Waals surface area contributed by atoms with Gasteiger partial charge in [-0.1, -0.05) is 32.9 Å². The van der Waals surface area contributed by atoms with Gasteiger partial charge in [0.05, 0.1) is 12.6 Å². The molecule has 3 aliphatic heterocycles. The number of carbonyl (C=O) groups is 3. The van der Waals surface area contributed by atoms with E-state index in [1.807, 2.05) is 0 Å². The van der Waals surface area contributed by atoms with Gasteiger partial charge in [0.15, 0.2) is 0 Å². The molecule has 2 fully saturated rings. The van der Waals surface area contributed by atoms with Crippen LogP contribution in [0.5, 0.6) is 0 Å². The number of carbonyl (C=O) groups excluding carboxylic acids is 3. The van der Waals surface area contributed by atoms with E-state index in [4.69, 9.17) is 9.47 Å². The Kier molecular flexibility index (Phi) is 2.60. The molecule has 0 unspecified atom stereocenters. The Morgan fingerprint density at radius 3 is 2.70 bits per heavy atom. The Balaban J connectivity index is 1.80. The first-order valence-corrected chi connectivity index (χ1v) is 6.66. The van der Waals surface area contributed by atoms with Gasteiger partial charge in [-0.05, 0) is 0 Å². The minimum absolute atomic E-state index is 0.131. The molecular formula is C14H17NO5. The van der Waals surface area contributed by atoms with Gasteiger partial charge in [-0.15, -0.1) is 0 Å². The van der Waals surface area contributed by atoms with E-state index in [0.717, 1.165) is 0 Å². The molecule has 2 bridgehead atoms. The van der Waals surface area contributed by atoms with Crippen LogP contribution in [0.3, 0.4) is 0 Å². The van der Waals surface area contributed by atoms with Gasteiger partial charge in [0, 0.05) is 5.41 Å². The second-order valence-electron chi connectivity index (χ2n) is 6.57. The third-order valence-electron chi connectivity index (χ3n) is 4.10. The fourth-order valence-electron chi connectivity index (χ4n) is 2.99. The highest BCUT2D eigenvalue weighted by Crippen LogP contribution is 2.50. The summed E-state index contributed by atoms with van der Waals surface area (Å²) in [6.07, 6.45) is 3.11. The van der Waals surface area contributed by atoms with E-state index in [0.29, 0.717) is 0 Å². The van der Waals surface area contributed by atoms with Crippen LogP contribution in [0.15, 0.2) is 12.2 Å². The Morgan fingerprint density at radius 2 is 2.05 bits per heavy atom. The molecule has 0 aromatic carbocycles. The maximum absolute atomic E-state index is 12.0. The van der Waals surface area contributed by atoms with E-state index in [9.17, 15) is 14.4 Å². The normalized spacial score (nSPS) is 38.0. The zero-order valence-electron chi connectivity index (χ0n) is 11.6. The highest BCUT2D eigenvalue weighted by atomic mass is 16.6. The van der Waals surface area contributed by atoms with Crippen molar-refractivity contribution in [3.8, 4) is 0 Å². The van der Waals surface area contributed by atoms with E-state index in [-0.39, 0.29) is 12.5 Å². The molecule has 0 aromatic rings. The number of ether oxygens (including phenoxy) is 2. The van der Waals surface area contributed by atoms with E-state index >= 15 is 0 Å². The summed E-state index contributed by atoms with van der Waals surface area (Å²) in [4.78, 5) is 35.4. The van der Waals surface area contributed by atoms with Crippen LogP contribution in [0.4, 0.5) is 0 Å². The first kappa shape index (κ1) is 13.3. The van der Waals surface area contributed by atoms with Gasteiger partial charge in [-0.25, -0.2) is 0 Å². The van der Waals surface area contributed by atoms with Crippen LogP contribution in [0, 0.1) is 17.3 Å². The van der Waals surface area contributed by atoms with Gasteiger partial charge in [-0.3, -0.25) is 14.4 Å². The van der Waals surface area contributed by atoms with E-state index in [2.05, 4.69) is 5.32 Å². The number of amides is 1. The lowest BCUT2D eigenvalue weighted by Gasteiger charge is -2.29. The number of cyclic esters (lactones) is 2. The molecule has 0 radical (unpaired) electrons. The number of fused-ring (bicyclic) bond motifs is 5. The van der Waals surface area contributed by atoms with Crippen molar-refractivity contribution in [2.45, 2.75) is 32.5 Å². The number of hydrogen-bond donors (Lipinski definition) is 1. The maximum atomic E-state index is 12.0. The Labute approximate surface area is 116 Å². The second-order valence-corrected chi connectivity index (χ2v) is 6.57. The summed E-state index contributed by atoms with van der Waals surface area (Å²) >= 11 is 0. The number of esters is 2. The molecular weight excluding hydrogens is 262 g/mol. The fourth-order valence-corrected chi connectivity index (χ4v) is 2.99. The third-order valence-corrected chi connectivity index (χ3v) is 4.10. The monoisotopic (exact) mass is 279 g/mol. The van der Waals surface area contributed by atoms with Crippen LogP contribution in [0.25, 0.3) is 0 Å². The van der Waals surface area contributed by atoms with Gasteiger partial charge in [0.1, 0.15) is 17.4 Å². The SMILES string of the molecule is CC(C)(C)C(=O)NC[C@]12C=C[C@H](O1)[C@H]1C(=O)OC(=O)[C@@H]12. The lowest BCUT2D eigenvalue weighted by molar-refractivity contribution is -0.158. The number of rotatable bonds is 2. The highest BCUT2D eigenvalue weighted by molar-refractivity contribution is 5.99. The molecule has 1 N–H and O–H groups in total. The maximum Gasteiger partial charge on any atom is 0.320 e. The molecule has 20 heavy (non-hydrogen) atoms. The van der Waals surface area contributed by atoms with Crippen LogP contribution in [-0.4, -0.2) is 36.1 Å². The van der Waals surface area contributed by atoms with Gasteiger partial charge >= 0.3 is 11.9 Å². The van der Waals surface area contributed by atoms with Crippen LogP contribution in [0.1, 0.15) is 20.8 Å². The minimum atomic E-state index is -0.945. The van der Waals surface area contributed by atoms with Gasteiger partial charge in [0.2, 0.25) is 5.91 Å². The topological polar surface area (TPSA) is 81.7 Å². The Hall–Kier alpha value is -1.69. The van der Waals surface area contributed by atoms with Gasteiger partial charge in [-0.2, -0.15) is 0 Å². The molecule has 3 heterocycles. The Morgan fingerprint density at radius 1 is 1.35 bits per heavy atom. The Bertz CT molecular complexity index is 532. The molecule has 3 rings (SSSR count). The molecule has 1 amide bonds. The average Bonchev–Trinajstić information content (AvgIpc) is 2.97. The summed E-state index contributed by atoms with van der Waals surface area (Å²) < 4.78 is 10.5. The predicted molar refractivity (Wildman–Crippen MR) is 67.3 cm³/mol. The standard InChI is InChI=1S/C14H17NO5/c1-13(2,3)12(18)15-6-14-5-4-7(20-14)8-9(14)11(17)19-10(8)16/h4-5,7-9H,6H2,1-3H3,(H,15,18)/t7-,8+,9+,14-/m0/s1. The molecule has 6 nitrogen and oxygen atoms in total. The molecule has 0 saturated carbocycles. The molecule has 6 heteroatoms. The van der Waals surface area contributed by atoms with Gasteiger partial charge in [0.25, 0.3) is 0 Å². The highest BCUT2D eigenvalue weighted by Gasteiger charge is 2.67. The van der Waals surface area contributed by atoms with Crippen molar-refractivity contribution < 1.29 is 23.9 Å². The smallest absolute Gasteiger partial charge is 0.320 e. The summed E-state index contributed by atoms with van der Waals surface area (Å²) in [5.41, 5.74) is -1.47. The third kappa shape index (κ3) is 1.71. The predicted octanol–water partition coefficient (Wildman–Crippen LogP) is 0.172. The van der Waals surface area contributed by atoms with Crippen molar-refractivity contribution in [3.05, 3.63) is 12.2 Å².